The smallest absolute Gasteiger partial charge is 0.407 e. The van der Waals surface area contributed by atoms with Crippen molar-refractivity contribution in [3.8, 4) is 5.75 Å². The van der Waals surface area contributed by atoms with Gasteiger partial charge < -0.3 is 25.8 Å². The summed E-state index contributed by atoms with van der Waals surface area (Å²) in [6.07, 6.45) is 2.26. The molecule has 0 aliphatic carbocycles. The summed E-state index contributed by atoms with van der Waals surface area (Å²) in [6, 6.07) is 15.9. The van der Waals surface area contributed by atoms with Crippen LogP contribution in [-0.2, 0) is 27.4 Å². The van der Waals surface area contributed by atoms with Gasteiger partial charge in [0.1, 0.15) is 18.4 Å². The van der Waals surface area contributed by atoms with E-state index in [1.165, 1.54) is 0 Å². The molecule has 0 aliphatic heterocycles. The Morgan fingerprint density at radius 3 is 2.31 bits per heavy atom. The summed E-state index contributed by atoms with van der Waals surface area (Å²) < 4.78 is 10.2. The molecule has 0 unspecified atom stereocenters. The lowest BCUT2D eigenvalue weighted by molar-refractivity contribution is -0.127. The van der Waals surface area contributed by atoms with Gasteiger partial charge in [0.25, 0.3) is 0 Å². The molecule has 0 bridgehead atoms. The number of carbonyl (C=O) groups excluding carboxylic acids is 3. The minimum absolute atomic E-state index is 0.224. The van der Waals surface area contributed by atoms with Crippen molar-refractivity contribution in [3.05, 3.63) is 65.7 Å². The van der Waals surface area contributed by atoms with Crippen LogP contribution in [0.3, 0.4) is 0 Å². The standard InChI is InChI=1S/C24H31N3O5/c1-31-20-13-11-18(12-14-20)16-21(23(25)29)27-22(28)10-6-3-7-15-26-24(30)32-17-19-8-4-2-5-9-19/h2,4-5,8-9,11-14,21H,3,6-7,10,15-17H2,1H3,(H2,25,29)(H,26,30)(H,27,28)/t21-/m0/s1. The number of ether oxygens (including phenoxy) is 2. The van der Waals surface area contributed by atoms with E-state index < -0.39 is 18.0 Å². The quantitative estimate of drug-likeness (QED) is 0.413. The van der Waals surface area contributed by atoms with Gasteiger partial charge in [-0.3, -0.25) is 9.59 Å². The molecule has 4 N–H and O–H groups in total. The normalized spacial score (nSPS) is 11.3. The molecule has 8 heteroatoms. The number of unbranched alkanes of at least 4 members (excludes halogenated alkanes) is 2. The van der Waals surface area contributed by atoms with E-state index in [1.807, 2.05) is 42.5 Å². The van der Waals surface area contributed by atoms with Crippen LogP contribution in [0.15, 0.2) is 54.6 Å². The molecule has 0 spiro atoms. The van der Waals surface area contributed by atoms with Crippen LogP contribution in [0.4, 0.5) is 4.79 Å². The van der Waals surface area contributed by atoms with E-state index in [0.29, 0.717) is 25.1 Å². The minimum Gasteiger partial charge on any atom is -0.497 e. The number of hydrogen-bond acceptors (Lipinski definition) is 5. The first-order valence-corrected chi connectivity index (χ1v) is 10.6. The van der Waals surface area contributed by atoms with Crippen LogP contribution in [0.5, 0.6) is 5.75 Å². The molecule has 0 saturated carbocycles. The molecule has 2 aromatic carbocycles. The second-order valence-electron chi connectivity index (χ2n) is 7.37. The SMILES string of the molecule is COc1ccc(C[C@H](NC(=O)CCCCCNC(=O)OCc2ccccc2)C(N)=O)cc1. The van der Waals surface area contributed by atoms with Crippen LogP contribution < -0.4 is 21.1 Å². The molecule has 32 heavy (non-hydrogen) atoms. The Morgan fingerprint density at radius 2 is 1.66 bits per heavy atom. The third-order valence-electron chi connectivity index (χ3n) is 4.84. The molecule has 8 nitrogen and oxygen atoms in total. The van der Waals surface area contributed by atoms with Crippen molar-refractivity contribution < 1.29 is 23.9 Å². The van der Waals surface area contributed by atoms with Crippen molar-refractivity contribution in [2.45, 2.75) is 44.8 Å². The Balaban J connectivity index is 1.58. The minimum atomic E-state index is -0.767. The average molecular weight is 442 g/mol. The molecule has 0 aromatic heterocycles. The van der Waals surface area contributed by atoms with E-state index in [2.05, 4.69) is 10.6 Å². The molecule has 3 amide bonds. The first-order valence-electron chi connectivity index (χ1n) is 10.6. The molecular weight excluding hydrogens is 410 g/mol. The van der Waals surface area contributed by atoms with E-state index in [-0.39, 0.29) is 18.9 Å². The number of benzene rings is 2. The molecule has 2 rings (SSSR count). The van der Waals surface area contributed by atoms with Gasteiger partial charge in [0.15, 0.2) is 0 Å². The Morgan fingerprint density at radius 1 is 0.938 bits per heavy atom. The first kappa shape index (κ1) is 24.7. The summed E-state index contributed by atoms with van der Waals surface area (Å²) in [4.78, 5) is 35.6. The maximum atomic E-state index is 12.2. The summed E-state index contributed by atoms with van der Waals surface area (Å²) >= 11 is 0. The highest BCUT2D eigenvalue weighted by molar-refractivity contribution is 5.86. The Hall–Kier alpha value is -3.55. The maximum absolute atomic E-state index is 12.2. The summed E-state index contributed by atoms with van der Waals surface area (Å²) in [7, 11) is 1.58. The second kappa shape index (κ2) is 13.7. The predicted octanol–water partition coefficient (Wildman–Crippen LogP) is 2.69. The topological polar surface area (TPSA) is 120 Å². The molecule has 0 aliphatic rings. The maximum Gasteiger partial charge on any atom is 0.407 e. The number of primary amides is 1. The van der Waals surface area contributed by atoms with Crippen LogP contribution in [0.1, 0.15) is 36.8 Å². The monoisotopic (exact) mass is 441 g/mol. The molecule has 0 heterocycles. The highest BCUT2D eigenvalue weighted by atomic mass is 16.5. The number of nitrogens with one attached hydrogen (secondary N) is 2. The summed E-state index contributed by atoms with van der Waals surface area (Å²) in [5.41, 5.74) is 7.24. The molecule has 0 fully saturated rings. The van der Waals surface area contributed by atoms with E-state index in [9.17, 15) is 14.4 Å². The van der Waals surface area contributed by atoms with E-state index >= 15 is 0 Å². The van der Waals surface area contributed by atoms with Gasteiger partial charge in [0, 0.05) is 19.4 Å². The first-order chi connectivity index (χ1) is 15.5. The Bertz CT molecular complexity index is 856. The fraction of sp³-hybridized carbons (Fsp3) is 0.375. The lowest BCUT2D eigenvalue weighted by Gasteiger charge is -2.16. The van der Waals surface area contributed by atoms with Crippen LogP contribution in [0.2, 0.25) is 0 Å². The predicted molar refractivity (Wildman–Crippen MR) is 121 cm³/mol. The van der Waals surface area contributed by atoms with Crippen molar-refractivity contribution in [2.75, 3.05) is 13.7 Å². The van der Waals surface area contributed by atoms with Gasteiger partial charge in [-0.25, -0.2) is 4.79 Å². The number of amides is 3. The summed E-state index contributed by atoms with van der Waals surface area (Å²) in [6.45, 7) is 0.695. The van der Waals surface area contributed by atoms with Gasteiger partial charge in [-0.15, -0.1) is 0 Å². The molecule has 0 radical (unpaired) electrons. The third-order valence-corrected chi connectivity index (χ3v) is 4.84. The summed E-state index contributed by atoms with van der Waals surface area (Å²) in [5, 5.41) is 5.39. The number of alkyl carbamates (subject to hydrolysis) is 1. The van der Waals surface area contributed by atoms with E-state index in [0.717, 1.165) is 24.0 Å². The van der Waals surface area contributed by atoms with Gasteiger partial charge in [-0.05, 0) is 36.1 Å². The van der Waals surface area contributed by atoms with Gasteiger partial charge in [0.05, 0.1) is 7.11 Å². The number of nitrogens with two attached hydrogens (primary N) is 1. The van der Waals surface area contributed by atoms with Crippen molar-refractivity contribution in [1.29, 1.82) is 0 Å². The van der Waals surface area contributed by atoms with Crippen molar-refractivity contribution >= 4 is 17.9 Å². The van der Waals surface area contributed by atoms with Gasteiger partial charge in [-0.2, -0.15) is 0 Å². The fourth-order valence-corrected chi connectivity index (χ4v) is 3.04. The largest absolute Gasteiger partial charge is 0.497 e. The molecule has 172 valence electrons. The second-order valence-corrected chi connectivity index (χ2v) is 7.37. The van der Waals surface area contributed by atoms with Gasteiger partial charge in [0.2, 0.25) is 11.8 Å². The highest BCUT2D eigenvalue weighted by Crippen LogP contribution is 2.13. The lowest BCUT2D eigenvalue weighted by atomic mass is 10.0. The van der Waals surface area contributed by atoms with Crippen LogP contribution in [0.25, 0.3) is 0 Å². The number of carbonyl (C=O) groups is 3. The van der Waals surface area contributed by atoms with Crippen molar-refractivity contribution in [2.24, 2.45) is 5.73 Å². The molecule has 0 saturated heterocycles. The van der Waals surface area contributed by atoms with Crippen LogP contribution in [-0.4, -0.2) is 37.6 Å². The highest BCUT2D eigenvalue weighted by Gasteiger charge is 2.18. The zero-order valence-electron chi connectivity index (χ0n) is 18.3. The van der Waals surface area contributed by atoms with Gasteiger partial charge in [-0.1, -0.05) is 48.9 Å². The molecular formula is C24H31N3O5. The van der Waals surface area contributed by atoms with Crippen LogP contribution >= 0.6 is 0 Å². The van der Waals surface area contributed by atoms with E-state index in [4.69, 9.17) is 15.2 Å². The lowest BCUT2D eigenvalue weighted by Crippen LogP contribution is -2.45. The fourth-order valence-electron chi connectivity index (χ4n) is 3.04. The van der Waals surface area contributed by atoms with Gasteiger partial charge >= 0.3 is 6.09 Å². The van der Waals surface area contributed by atoms with Crippen molar-refractivity contribution in [3.63, 3.8) is 0 Å². The zero-order chi connectivity index (χ0) is 23.2. The Labute approximate surface area is 188 Å². The van der Waals surface area contributed by atoms with Crippen LogP contribution in [0, 0.1) is 0 Å². The van der Waals surface area contributed by atoms with Crippen molar-refractivity contribution in [1.82, 2.24) is 10.6 Å². The average Bonchev–Trinajstić information content (AvgIpc) is 2.80. The molecule has 2 aromatic rings. The third kappa shape index (κ3) is 9.51. The van der Waals surface area contributed by atoms with E-state index in [1.54, 1.807) is 19.2 Å². The number of hydrogen-bond donors (Lipinski definition) is 3. The summed E-state index contributed by atoms with van der Waals surface area (Å²) in [5.74, 6) is -0.0858. The Kier molecular flexibility index (Phi) is 10.6. The molecule has 1 atom stereocenters. The number of methoxy groups -OCH3 is 1. The zero-order valence-corrected chi connectivity index (χ0v) is 18.3. The number of rotatable bonds is 13.